The number of non-ortho nitro benzene ring substituents is 1. The second-order valence-electron chi connectivity index (χ2n) is 3.65. The lowest BCUT2D eigenvalue weighted by Crippen LogP contribution is -2.05. The van der Waals surface area contributed by atoms with Crippen LogP contribution in [-0.2, 0) is 4.79 Å². The average molecular weight is 230 g/mol. The Kier molecular flexibility index (Phi) is 2.74. The Morgan fingerprint density at radius 1 is 1.29 bits per heavy atom. The van der Waals surface area contributed by atoms with Crippen molar-refractivity contribution in [1.82, 2.24) is 0 Å². The minimum Gasteiger partial charge on any atom is -0.326 e. The number of hydrogen-bond donors (Lipinski definition) is 1. The Hall–Kier alpha value is -2.43. The summed E-state index contributed by atoms with van der Waals surface area (Å²) in [6.45, 7) is 1.42. The lowest BCUT2D eigenvalue weighted by atomic mass is 10.1. The first kappa shape index (κ1) is 11.1. The van der Waals surface area contributed by atoms with E-state index >= 15 is 0 Å². The number of rotatable bonds is 2. The van der Waals surface area contributed by atoms with Crippen molar-refractivity contribution in [3.8, 4) is 0 Å². The molecule has 0 aromatic heterocycles. The smallest absolute Gasteiger partial charge is 0.270 e. The van der Waals surface area contributed by atoms with E-state index in [2.05, 4.69) is 5.32 Å². The Morgan fingerprint density at radius 3 is 2.71 bits per heavy atom. The van der Waals surface area contributed by atoms with Gasteiger partial charge in [0.25, 0.3) is 5.69 Å². The molecule has 0 spiro atoms. The first-order valence-corrected chi connectivity index (χ1v) is 5.02. The largest absolute Gasteiger partial charge is 0.326 e. The highest BCUT2D eigenvalue weighted by Crippen LogP contribution is 2.26. The van der Waals surface area contributed by atoms with Gasteiger partial charge in [0.2, 0.25) is 5.91 Å². The predicted octanol–water partition coefficient (Wildman–Crippen LogP) is 2.71. The number of nitrogens with one attached hydrogen (secondary N) is 1. The summed E-state index contributed by atoms with van der Waals surface area (Å²) in [4.78, 5) is 21.2. The third-order valence-electron chi connectivity index (χ3n) is 2.39. The van der Waals surface area contributed by atoms with E-state index in [4.69, 9.17) is 0 Å². The summed E-state index contributed by atoms with van der Waals surface area (Å²) in [6, 6.07) is 9.83. The van der Waals surface area contributed by atoms with Crippen LogP contribution in [-0.4, -0.2) is 10.8 Å². The molecule has 1 N–H and O–H groups in total. The van der Waals surface area contributed by atoms with Crippen molar-refractivity contribution in [2.24, 2.45) is 0 Å². The van der Waals surface area contributed by atoms with Gasteiger partial charge in [-0.25, -0.2) is 0 Å². The number of nitro benzene ring substituents is 1. The van der Waals surface area contributed by atoms with Gasteiger partial charge < -0.3 is 5.32 Å². The Morgan fingerprint density at radius 2 is 2.06 bits per heavy atom. The summed E-state index contributed by atoms with van der Waals surface area (Å²) in [7, 11) is 0. The molecule has 0 radical (unpaired) electrons. The maximum absolute atomic E-state index is 11.0. The van der Waals surface area contributed by atoms with Gasteiger partial charge in [0.1, 0.15) is 0 Å². The van der Waals surface area contributed by atoms with Crippen LogP contribution >= 0.6 is 0 Å². The normalized spacial score (nSPS) is 10.2. The second-order valence-corrected chi connectivity index (χ2v) is 3.65. The zero-order chi connectivity index (χ0) is 12.4. The molecule has 0 atom stereocenters. The van der Waals surface area contributed by atoms with Crippen LogP contribution in [0.2, 0.25) is 0 Å². The Labute approximate surface area is 97.2 Å². The number of carbonyl (C=O) groups is 1. The summed E-state index contributed by atoms with van der Waals surface area (Å²) in [5.74, 6) is -0.171. The Bertz CT molecular complexity index is 608. The summed E-state index contributed by atoms with van der Waals surface area (Å²) in [5.41, 5.74) is 0.697. The van der Waals surface area contributed by atoms with E-state index in [0.29, 0.717) is 5.69 Å². The minimum atomic E-state index is -0.440. The molecule has 0 bridgehead atoms. The van der Waals surface area contributed by atoms with Gasteiger partial charge in [-0.3, -0.25) is 14.9 Å². The standard InChI is InChI=1S/C12H10N2O3/c1-8(15)13-12-4-2-3-9-7-10(14(16)17)5-6-11(9)12/h2-7H,1H3,(H,13,15). The van der Waals surface area contributed by atoms with Gasteiger partial charge in [0, 0.05) is 30.1 Å². The number of nitro groups is 1. The number of anilines is 1. The molecule has 2 rings (SSSR count). The molecule has 1 amide bonds. The molecule has 0 aliphatic rings. The van der Waals surface area contributed by atoms with Crippen molar-refractivity contribution in [3.05, 3.63) is 46.5 Å². The van der Waals surface area contributed by atoms with Crippen LogP contribution in [0.1, 0.15) is 6.92 Å². The molecule has 2 aromatic rings. The molecule has 0 aliphatic heterocycles. The summed E-state index contributed by atoms with van der Waals surface area (Å²) in [5, 5.41) is 14.8. The van der Waals surface area contributed by atoms with Gasteiger partial charge in [-0.15, -0.1) is 0 Å². The van der Waals surface area contributed by atoms with Crippen LogP contribution in [0.25, 0.3) is 10.8 Å². The molecule has 0 fully saturated rings. The average Bonchev–Trinajstić information content (AvgIpc) is 2.28. The SMILES string of the molecule is CC(=O)Nc1cccc2cc([N+](=O)[O-])ccc12. The number of nitrogens with zero attached hydrogens (tertiary/aromatic N) is 1. The summed E-state index contributed by atoms with van der Waals surface area (Å²) >= 11 is 0. The van der Waals surface area contributed by atoms with Crippen molar-refractivity contribution < 1.29 is 9.72 Å². The number of fused-ring (bicyclic) bond motifs is 1. The molecule has 17 heavy (non-hydrogen) atoms. The molecule has 0 aliphatic carbocycles. The highest BCUT2D eigenvalue weighted by Gasteiger charge is 2.08. The van der Waals surface area contributed by atoms with E-state index in [0.717, 1.165) is 10.8 Å². The first-order valence-electron chi connectivity index (χ1n) is 5.02. The number of carbonyl (C=O) groups excluding carboxylic acids is 1. The van der Waals surface area contributed by atoms with Crippen molar-refractivity contribution in [2.75, 3.05) is 5.32 Å². The second kappa shape index (κ2) is 4.21. The molecule has 86 valence electrons. The molecule has 2 aromatic carbocycles. The topological polar surface area (TPSA) is 72.2 Å². The quantitative estimate of drug-likeness (QED) is 0.636. The van der Waals surface area contributed by atoms with Crippen LogP contribution in [0.3, 0.4) is 0 Å². The number of hydrogen-bond acceptors (Lipinski definition) is 3. The Balaban J connectivity index is 2.58. The number of amides is 1. The fourth-order valence-corrected chi connectivity index (χ4v) is 1.68. The fraction of sp³-hybridized carbons (Fsp3) is 0.0833. The minimum absolute atomic E-state index is 0.0393. The predicted molar refractivity (Wildman–Crippen MR) is 64.9 cm³/mol. The lowest BCUT2D eigenvalue weighted by molar-refractivity contribution is -0.384. The van der Waals surface area contributed by atoms with E-state index in [-0.39, 0.29) is 11.6 Å². The van der Waals surface area contributed by atoms with Crippen molar-refractivity contribution >= 4 is 28.1 Å². The molecule has 0 saturated carbocycles. The monoisotopic (exact) mass is 230 g/mol. The van der Waals surface area contributed by atoms with Gasteiger partial charge in [0.15, 0.2) is 0 Å². The molecule has 5 nitrogen and oxygen atoms in total. The van der Waals surface area contributed by atoms with Crippen LogP contribution in [0, 0.1) is 10.1 Å². The van der Waals surface area contributed by atoms with Crippen LogP contribution in [0.5, 0.6) is 0 Å². The molecule has 0 heterocycles. The zero-order valence-electron chi connectivity index (χ0n) is 9.14. The maximum atomic E-state index is 11.0. The molecular formula is C12H10N2O3. The van der Waals surface area contributed by atoms with Gasteiger partial charge >= 0.3 is 0 Å². The van der Waals surface area contributed by atoms with Gasteiger partial charge in [-0.1, -0.05) is 12.1 Å². The van der Waals surface area contributed by atoms with Crippen LogP contribution < -0.4 is 5.32 Å². The van der Waals surface area contributed by atoms with Gasteiger partial charge in [-0.05, 0) is 17.5 Å². The van der Waals surface area contributed by atoms with E-state index in [1.807, 2.05) is 0 Å². The van der Waals surface area contributed by atoms with E-state index in [1.54, 1.807) is 24.3 Å². The highest BCUT2D eigenvalue weighted by atomic mass is 16.6. The third kappa shape index (κ3) is 2.23. The van der Waals surface area contributed by atoms with Crippen molar-refractivity contribution in [3.63, 3.8) is 0 Å². The molecule has 5 heteroatoms. The number of benzene rings is 2. The van der Waals surface area contributed by atoms with Crippen LogP contribution in [0.15, 0.2) is 36.4 Å². The van der Waals surface area contributed by atoms with Gasteiger partial charge in [-0.2, -0.15) is 0 Å². The molecule has 0 unspecified atom stereocenters. The van der Waals surface area contributed by atoms with Crippen molar-refractivity contribution in [1.29, 1.82) is 0 Å². The zero-order valence-corrected chi connectivity index (χ0v) is 9.14. The van der Waals surface area contributed by atoms with Crippen molar-refractivity contribution in [2.45, 2.75) is 6.92 Å². The molecular weight excluding hydrogens is 220 g/mol. The van der Waals surface area contributed by atoms with Crippen LogP contribution in [0.4, 0.5) is 11.4 Å². The van der Waals surface area contributed by atoms with E-state index < -0.39 is 4.92 Å². The maximum Gasteiger partial charge on any atom is 0.270 e. The third-order valence-corrected chi connectivity index (χ3v) is 2.39. The lowest BCUT2D eigenvalue weighted by Gasteiger charge is -2.06. The summed E-state index contributed by atoms with van der Waals surface area (Å²) in [6.07, 6.45) is 0. The highest BCUT2D eigenvalue weighted by molar-refractivity contribution is 6.01. The van der Waals surface area contributed by atoms with E-state index in [9.17, 15) is 14.9 Å². The first-order chi connectivity index (χ1) is 8.08. The fourth-order valence-electron chi connectivity index (χ4n) is 1.68. The molecule has 0 saturated heterocycles. The summed E-state index contributed by atoms with van der Waals surface area (Å²) < 4.78 is 0. The van der Waals surface area contributed by atoms with E-state index in [1.165, 1.54) is 19.1 Å². The van der Waals surface area contributed by atoms with Gasteiger partial charge in [0.05, 0.1) is 4.92 Å².